The van der Waals surface area contributed by atoms with Crippen molar-refractivity contribution in [3.63, 3.8) is 0 Å². The van der Waals surface area contributed by atoms with E-state index in [9.17, 15) is 4.79 Å². The maximum Gasteiger partial charge on any atom is 0.311 e. The standard InChI is InChI=1S/C12H11N3O3S/c1-2-18-7-3-4-8-9(5-7)19-12-14-13-10(15(8)12)6-11(16)17/h3-5H,2,6H2,1H3,(H,16,17). The van der Waals surface area contributed by atoms with Crippen molar-refractivity contribution < 1.29 is 14.6 Å². The molecule has 2 aromatic heterocycles. The highest BCUT2D eigenvalue weighted by Crippen LogP contribution is 2.29. The highest BCUT2D eigenvalue weighted by Gasteiger charge is 2.15. The lowest BCUT2D eigenvalue weighted by Crippen LogP contribution is -2.04. The minimum absolute atomic E-state index is 0.139. The minimum Gasteiger partial charge on any atom is -0.494 e. The molecule has 0 unspecified atom stereocenters. The molecule has 0 spiro atoms. The molecule has 3 aromatic rings. The molecule has 1 N–H and O–H groups in total. The minimum atomic E-state index is -0.917. The van der Waals surface area contributed by atoms with E-state index in [-0.39, 0.29) is 6.42 Å². The second kappa shape index (κ2) is 4.51. The van der Waals surface area contributed by atoms with Gasteiger partial charge in [-0.3, -0.25) is 9.20 Å². The monoisotopic (exact) mass is 277 g/mol. The highest BCUT2D eigenvalue weighted by atomic mass is 32.1. The molecular formula is C12H11N3O3S. The predicted molar refractivity (Wildman–Crippen MR) is 70.9 cm³/mol. The number of carboxylic acids is 1. The number of aliphatic carboxylic acids is 1. The maximum atomic E-state index is 10.8. The number of rotatable bonds is 4. The van der Waals surface area contributed by atoms with Crippen LogP contribution in [0.1, 0.15) is 12.7 Å². The molecule has 3 rings (SSSR count). The number of hydrogen-bond acceptors (Lipinski definition) is 5. The largest absolute Gasteiger partial charge is 0.494 e. The van der Waals surface area contributed by atoms with Crippen LogP contribution in [0.3, 0.4) is 0 Å². The van der Waals surface area contributed by atoms with Crippen LogP contribution in [0.25, 0.3) is 15.2 Å². The third kappa shape index (κ3) is 2.01. The Morgan fingerprint density at radius 2 is 2.32 bits per heavy atom. The van der Waals surface area contributed by atoms with Crippen molar-refractivity contribution in [3.05, 3.63) is 24.0 Å². The van der Waals surface area contributed by atoms with E-state index in [0.29, 0.717) is 17.4 Å². The van der Waals surface area contributed by atoms with Crippen molar-refractivity contribution in [3.8, 4) is 5.75 Å². The number of hydrogen-bond donors (Lipinski definition) is 1. The molecule has 1 aromatic carbocycles. The van der Waals surface area contributed by atoms with Gasteiger partial charge in [-0.2, -0.15) is 0 Å². The van der Waals surface area contributed by atoms with Gasteiger partial charge in [-0.1, -0.05) is 11.3 Å². The molecule has 6 nitrogen and oxygen atoms in total. The zero-order valence-electron chi connectivity index (χ0n) is 10.2. The lowest BCUT2D eigenvalue weighted by Gasteiger charge is -2.02. The molecule has 0 aliphatic heterocycles. The van der Waals surface area contributed by atoms with Crippen molar-refractivity contribution in [1.29, 1.82) is 0 Å². The van der Waals surface area contributed by atoms with Gasteiger partial charge in [0.2, 0.25) is 4.96 Å². The van der Waals surface area contributed by atoms with Crippen LogP contribution >= 0.6 is 11.3 Å². The van der Waals surface area contributed by atoms with Crippen molar-refractivity contribution in [2.75, 3.05) is 6.61 Å². The van der Waals surface area contributed by atoms with Crippen molar-refractivity contribution >= 4 is 32.5 Å². The van der Waals surface area contributed by atoms with Gasteiger partial charge in [0.15, 0.2) is 0 Å². The second-order valence-electron chi connectivity index (χ2n) is 3.97. The first kappa shape index (κ1) is 11.9. The molecule has 98 valence electrons. The van der Waals surface area contributed by atoms with Gasteiger partial charge in [0.25, 0.3) is 0 Å². The Hall–Kier alpha value is -2.15. The number of carboxylic acid groups (broad SMARTS) is 1. The molecule has 7 heteroatoms. The molecular weight excluding hydrogens is 266 g/mol. The number of aromatic nitrogens is 3. The van der Waals surface area contributed by atoms with Crippen molar-refractivity contribution in [1.82, 2.24) is 14.6 Å². The van der Waals surface area contributed by atoms with E-state index in [1.807, 2.05) is 25.1 Å². The average molecular weight is 277 g/mol. The third-order valence-corrected chi connectivity index (χ3v) is 3.69. The lowest BCUT2D eigenvalue weighted by atomic mass is 10.3. The molecule has 19 heavy (non-hydrogen) atoms. The van der Waals surface area contributed by atoms with Gasteiger partial charge in [-0.15, -0.1) is 10.2 Å². The van der Waals surface area contributed by atoms with Gasteiger partial charge in [-0.05, 0) is 25.1 Å². The highest BCUT2D eigenvalue weighted by molar-refractivity contribution is 7.23. The number of thiazole rings is 1. The van der Waals surface area contributed by atoms with E-state index < -0.39 is 5.97 Å². The summed E-state index contributed by atoms with van der Waals surface area (Å²) >= 11 is 1.47. The van der Waals surface area contributed by atoms with E-state index in [1.165, 1.54) is 11.3 Å². The quantitative estimate of drug-likeness (QED) is 0.789. The summed E-state index contributed by atoms with van der Waals surface area (Å²) in [5.74, 6) is 0.324. The molecule has 0 bridgehead atoms. The molecule has 0 amide bonds. The van der Waals surface area contributed by atoms with Crippen LogP contribution in [-0.2, 0) is 11.2 Å². The molecule has 0 fully saturated rings. The fourth-order valence-electron chi connectivity index (χ4n) is 1.97. The Bertz CT molecular complexity index is 762. The average Bonchev–Trinajstić information content (AvgIpc) is 2.88. The first-order valence-electron chi connectivity index (χ1n) is 5.80. The summed E-state index contributed by atoms with van der Waals surface area (Å²) in [4.78, 5) is 11.5. The van der Waals surface area contributed by atoms with Crippen molar-refractivity contribution in [2.45, 2.75) is 13.3 Å². The summed E-state index contributed by atoms with van der Waals surface area (Å²) in [6, 6.07) is 5.70. The summed E-state index contributed by atoms with van der Waals surface area (Å²) < 4.78 is 8.23. The molecule has 0 saturated carbocycles. The first-order valence-corrected chi connectivity index (χ1v) is 6.62. The number of nitrogens with zero attached hydrogens (tertiary/aromatic N) is 3. The fraction of sp³-hybridized carbons (Fsp3) is 0.250. The Morgan fingerprint density at radius 3 is 3.05 bits per heavy atom. The smallest absolute Gasteiger partial charge is 0.311 e. The van der Waals surface area contributed by atoms with E-state index >= 15 is 0 Å². The SMILES string of the molecule is CCOc1ccc2c(c1)sc1nnc(CC(=O)O)n12. The summed E-state index contributed by atoms with van der Waals surface area (Å²) in [6.07, 6.45) is -0.139. The van der Waals surface area contributed by atoms with Crippen LogP contribution in [-0.4, -0.2) is 32.3 Å². The Morgan fingerprint density at radius 1 is 1.47 bits per heavy atom. The predicted octanol–water partition coefficient (Wildman–Crippen LogP) is 1.97. The summed E-state index contributed by atoms with van der Waals surface area (Å²) in [6.45, 7) is 2.54. The maximum absolute atomic E-state index is 10.8. The Labute approximate surface area is 112 Å². The first-order chi connectivity index (χ1) is 9.19. The van der Waals surface area contributed by atoms with E-state index in [2.05, 4.69) is 10.2 Å². The van der Waals surface area contributed by atoms with Crippen LogP contribution in [0.15, 0.2) is 18.2 Å². The summed E-state index contributed by atoms with van der Waals surface area (Å²) in [5, 5.41) is 16.8. The van der Waals surface area contributed by atoms with Crippen LogP contribution in [0.4, 0.5) is 0 Å². The second-order valence-corrected chi connectivity index (χ2v) is 4.98. The summed E-state index contributed by atoms with van der Waals surface area (Å²) in [7, 11) is 0. The van der Waals surface area contributed by atoms with Crippen LogP contribution in [0, 0.1) is 0 Å². The van der Waals surface area contributed by atoms with Crippen LogP contribution in [0.2, 0.25) is 0 Å². The molecule has 0 aliphatic carbocycles. The van der Waals surface area contributed by atoms with E-state index in [0.717, 1.165) is 16.0 Å². The van der Waals surface area contributed by atoms with E-state index in [1.54, 1.807) is 4.40 Å². The zero-order chi connectivity index (χ0) is 13.4. The molecule has 0 radical (unpaired) electrons. The third-order valence-electron chi connectivity index (χ3n) is 2.69. The van der Waals surface area contributed by atoms with Gasteiger partial charge >= 0.3 is 5.97 Å². The lowest BCUT2D eigenvalue weighted by molar-refractivity contribution is -0.136. The van der Waals surface area contributed by atoms with Gasteiger partial charge in [0.1, 0.15) is 18.0 Å². The van der Waals surface area contributed by atoms with Crippen LogP contribution < -0.4 is 4.74 Å². The van der Waals surface area contributed by atoms with Gasteiger partial charge in [-0.25, -0.2) is 0 Å². The number of fused-ring (bicyclic) bond motifs is 3. The Kier molecular flexibility index (Phi) is 2.83. The molecule has 0 saturated heterocycles. The van der Waals surface area contributed by atoms with E-state index in [4.69, 9.17) is 9.84 Å². The number of ether oxygens (including phenoxy) is 1. The zero-order valence-corrected chi connectivity index (χ0v) is 11.0. The van der Waals surface area contributed by atoms with Gasteiger partial charge < -0.3 is 9.84 Å². The van der Waals surface area contributed by atoms with Crippen LogP contribution in [0.5, 0.6) is 5.75 Å². The Balaban J connectivity index is 2.17. The number of carbonyl (C=O) groups is 1. The fourth-order valence-corrected chi connectivity index (χ4v) is 2.99. The topological polar surface area (TPSA) is 76.7 Å². The number of benzene rings is 1. The molecule has 0 aliphatic rings. The van der Waals surface area contributed by atoms with Crippen molar-refractivity contribution in [2.24, 2.45) is 0 Å². The summed E-state index contributed by atoms with van der Waals surface area (Å²) in [5.41, 5.74) is 0.907. The van der Waals surface area contributed by atoms with Gasteiger partial charge in [0.05, 0.1) is 16.8 Å². The molecule has 0 atom stereocenters. The normalized spacial score (nSPS) is 11.2. The molecule has 2 heterocycles. The van der Waals surface area contributed by atoms with Gasteiger partial charge in [0, 0.05) is 0 Å².